The zero-order valence-corrected chi connectivity index (χ0v) is 10.3. The molecule has 2 saturated heterocycles. The van der Waals surface area contributed by atoms with Gasteiger partial charge in [0.15, 0.2) is 0 Å². The van der Waals surface area contributed by atoms with E-state index in [9.17, 15) is 4.79 Å². The number of aliphatic carboxylic acids is 1. The zero-order valence-electron chi connectivity index (χ0n) is 10.3. The van der Waals surface area contributed by atoms with E-state index in [1.54, 1.807) is 0 Å². The molecule has 2 bridgehead atoms. The van der Waals surface area contributed by atoms with Crippen LogP contribution in [0.15, 0.2) is 0 Å². The van der Waals surface area contributed by atoms with E-state index in [0.29, 0.717) is 24.4 Å². The Kier molecular flexibility index (Phi) is 3.68. The molecule has 0 aromatic heterocycles. The van der Waals surface area contributed by atoms with Crippen LogP contribution in [0, 0.1) is 17.2 Å². The first kappa shape index (κ1) is 12.4. The lowest BCUT2D eigenvalue weighted by atomic mass is 9.87. The molecule has 3 atom stereocenters. The maximum Gasteiger partial charge on any atom is 0.303 e. The molecule has 0 aliphatic carbocycles. The fourth-order valence-electron chi connectivity index (χ4n) is 3.62. The van der Waals surface area contributed by atoms with Gasteiger partial charge in [-0.15, -0.1) is 0 Å². The van der Waals surface area contributed by atoms with Crippen LogP contribution < -0.4 is 0 Å². The maximum atomic E-state index is 10.8. The minimum absolute atomic E-state index is 0.0262. The summed E-state index contributed by atoms with van der Waals surface area (Å²) >= 11 is 0. The molecule has 4 heteroatoms. The van der Waals surface area contributed by atoms with Crippen molar-refractivity contribution in [1.29, 1.82) is 5.26 Å². The molecule has 2 aliphatic heterocycles. The van der Waals surface area contributed by atoms with Crippen LogP contribution in [0.4, 0.5) is 0 Å². The van der Waals surface area contributed by atoms with E-state index in [2.05, 4.69) is 17.9 Å². The summed E-state index contributed by atoms with van der Waals surface area (Å²) < 4.78 is 0. The van der Waals surface area contributed by atoms with Gasteiger partial charge in [-0.05, 0) is 38.0 Å². The number of carboxylic acid groups (broad SMARTS) is 1. The SMILES string of the molecule is CCC(C#N)N1C2CCC1CC(CC(=O)O)C2. The molecule has 17 heavy (non-hydrogen) atoms. The third-order valence-corrected chi connectivity index (χ3v) is 4.25. The summed E-state index contributed by atoms with van der Waals surface area (Å²) in [7, 11) is 0. The van der Waals surface area contributed by atoms with Crippen molar-refractivity contribution in [3.8, 4) is 6.07 Å². The van der Waals surface area contributed by atoms with E-state index in [1.807, 2.05) is 0 Å². The lowest BCUT2D eigenvalue weighted by Gasteiger charge is -2.40. The highest BCUT2D eigenvalue weighted by atomic mass is 16.4. The molecule has 2 heterocycles. The van der Waals surface area contributed by atoms with Crippen LogP contribution in [-0.4, -0.2) is 34.1 Å². The van der Waals surface area contributed by atoms with Crippen molar-refractivity contribution in [2.24, 2.45) is 5.92 Å². The molecule has 2 rings (SSSR count). The summed E-state index contributed by atoms with van der Waals surface area (Å²) in [6.07, 6.45) is 5.36. The van der Waals surface area contributed by atoms with Gasteiger partial charge >= 0.3 is 5.97 Å². The van der Waals surface area contributed by atoms with Crippen LogP contribution in [0.3, 0.4) is 0 Å². The van der Waals surface area contributed by atoms with E-state index in [1.165, 1.54) is 0 Å². The van der Waals surface area contributed by atoms with Gasteiger partial charge in [0.1, 0.15) is 0 Å². The topological polar surface area (TPSA) is 64.3 Å². The fourth-order valence-corrected chi connectivity index (χ4v) is 3.62. The van der Waals surface area contributed by atoms with Crippen LogP contribution in [-0.2, 0) is 4.79 Å². The second-order valence-corrected chi connectivity index (χ2v) is 5.32. The Balaban J connectivity index is 2.03. The van der Waals surface area contributed by atoms with Gasteiger partial charge in [0.05, 0.1) is 12.1 Å². The van der Waals surface area contributed by atoms with Gasteiger partial charge in [0.2, 0.25) is 0 Å². The zero-order chi connectivity index (χ0) is 12.4. The van der Waals surface area contributed by atoms with Gasteiger partial charge in [-0.1, -0.05) is 6.92 Å². The molecule has 0 saturated carbocycles. The van der Waals surface area contributed by atoms with Crippen molar-refractivity contribution in [3.63, 3.8) is 0 Å². The van der Waals surface area contributed by atoms with Gasteiger partial charge in [0.25, 0.3) is 0 Å². The molecule has 4 nitrogen and oxygen atoms in total. The summed E-state index contributed by atoms with van der Waals surface area (Å²) in [5.41, 5.74) is 0. The van der Waals surface area contributed by atoms with E-state index in [0.717, 1.165) is 32.1 Å². The first-order valence-electron chi connectivity index (χ1n) is 6.54. The number of carbonyl (C=O) groups is 1. The first-order valence-corrected chi connectivity index (χ1v) is 6.54. The van der Waals surface area contributed by atoms with E-state index >= 15 is 0 Å². The molecule has 2 aliphatic rings. The van der Waals surface area contributed by atoms with E-state index in [-0.39, 0.29) is 6.04 Å². The average molecular weight is 236 g/mol. The second kappa shape index (κ2) is 5.05. The van der Waals surface area contributed by atoms with E-state index in [4.69, 9.17) is 10.4 Å². The second-order valence-electron chi connectivity index (χ2n) is 5.32. The molecule has 0 aromatic rings. The molecular formula is C13H20N2O2. The van der Waals surface area contributed by atoms with Gasteiger partial charge in [-0.3, -0.25) is 9.69 Å². The minimum atomic E-state index is -0.685. The number of nitrogens with zero attached hydrogens (tertiary/aromatic N) is 2. The minimum Gasteiger partial charge on any atom is -0.481 e. The monoisotopic (exact) mass is 236 g/mol. The summed E-state index contributed by atoms with van der Waals surface area (Å²) in [4.78, 5) is 13.1. The van der Waals surface area contributed by atoms with Crippen LogP contribution in [0.5, 0.6) is 0 Å². The van der Waals surface area contributed by atoms with Crippen molar-refractivity contribution in [3.05, 3.63) is 0 Å². The van der Waals surface area contributed by atoms with Crippen LogP contribution in [0.2, 0.25) is 0 Å². The standard InChI is InChI=1S/C13H20N2O2/c1-2-10(8-14)15-11-3-4-12(15)6-9(5-11)7-13(16)17/h9-12H,2-7H2,1H3,(H,16,17). The number of carboxylic acids is 1. The Bertz CT molecular complexity index is 323. The Labute approximate surface area is 102 Å². The van der Waals surface area contributed by atoms with E-state index < -0.39 is 5.97 Å². The highest BCUT2D eigenvalue weighted by Gasteiger charge is 2.43. The lowest BCUT2D eigenvalue weighted by molar-refractivity contribution is -0.138. The maximum absolute atomic E-state index is 10.8. The summed E-state index contributed by atoms with van der Waals surface area (Å²) in [5, 5.41) is 18.0. The fraction of sp³-hybridized carbons (Fsp3) is 0.846. The number of fused-ring (bicyclic) bond motifs is 2. The third-order valence-electron chi connectivity index (χ3n) is 4.25. The van der Waals surface area contributed by atoms with Crippen molar-refractivity contribution >= 4 is 5.97 Å². The largest absolute Gasteiger partial charge is 0.481 e. The van der Waals surface area contributed by atoms with Crippen molar-refractivity contribution in [2.75, 3.05) is 0 Å². The average Bonchev–Trinajstić information content (AvgIpc) is 2.55. The Morgan fingerprint density at radius 2 is 2.06 bits per heavy atom. The molecule has 0 amide bonds. The summed E-state index contributed by atoms with van der Waals surface area (Å²) in [6, 6.07) is 3.31. The number of rotatable bonds is 4. The molecule has 0 radical (unpaired) electrons. The lowest BCUT2D eigenvalue weighted by Crippen LogP contribution is -2.48. The van der Waals surface area contributed by atoms with Crippen LogP contribution in [0.1, 0.15) is 45.4 Å². The predicted octanol–water partition coefficient (Wildman–Crippen LogP) is 2.01. The number of hydrogen-bond donors (Lipinski definition) is 1. The molecule has 0 spiro atoms. The van der Waals surface area contributed by atoms with Gasteiger partial charge in [-0.25, -0.2) is 0 Å². The highest BCUT2D eigenvalue weighted by Crippen LogP contribution is 2.41. The normalized spacial score (nSPS) is 34.2. The highest BCUT2D eigenvalue weighted by molar-refractivity contribution is 5.67. The third kappa shape index (κ3) is 2.44. The predicted molar refractivity (Wildman–Crippen MR) is 63.3 cm³/mol. The van der Waals surface area contributed by atoms with Gasteiger partial charge in [-0.2, -0.15) is 5.26 Å². The number of nitriles is 1. The summed E-state index contributed by atoms with van der Waals surface area (Å²) in [6.45, 7) is 2.05. The molecule has 2 fully saturated rings. The summed E-state index contributed by atoms with van der Waals surface area (Å²) in [5.74, 6) is -0.368. The van der Waals surface area contributed by atoms with Gasteiger partial charge in [0, 0.05) is 18.5 Å². The van der Waals surface area contributed by atoms with Crippen molar-refractivity contribution < 1.29 is 9.90 Å². The van der Waals surface area contributed by atoms with Crippen LogP contribution in [0.25, 0.3) is 0 Å². The Hall–Kier alpha value is -1.08. The first-order chi connectivity index (χ1) is 8.15. The molecule has 3 unspecified atom stereocenters. The molecule has 0 aromatic carbocycles. The van der Waals surface area contributed by atoms with Crippen molar-refractivity contribution in [1.82, 2.24) is 4.90 Å². The molecule has 1 N–H and O–H groups in total. The van der Waals surface area contributed by atoms with Gasteiger partial charge < -0.3 is 5.11 Å². The van der Waals surface area contributed by atoms with Crippen LogP contribution >= 0.6 is 0 Å². The Morgan fingerprint density at radius 1 is 1.47 bits per heavy atom. The quantitative estimate of drug-likeness (QED) is 0.811. The smallest absolute Gasteiger partial charge is 0.303 e. The number of piperidine rings is 1. The van der Waals surface area contributed by atoms with Crippen molar-refractivity contribution in [2.45, 2.75) is 63.6 Å². The molecule has 94 valence electrons. The number of hydrogen-bond acceptors (Lipinski definition) is 3. The molecular weight excluding hydrogens is 216 g/mol. The Morgan fingerprint density at radius 3 is 2.47 bits per heavy atom.